The highest BCUT2D eigenvalue weighted by atomic mass is 35.5. The number of carbonyl (C=O) groups is 1. The minimum absolute atomic E-state index is 0.332. The van der Waals surface area contributed by atoms with Crippen LogP contribution < -0.4 is 4.90 Å². The molecule has 1 aromatic carbocycles. The average Bonchev–Trinajstić information content (AvgIpc) is 2.84. The van der Waals surface area contributed by atoms with E-state index >= 15 is 0 Å². The molecule has 20 heavy (non-hydrogen) atoms. The number of aryl methyl sites for hydroxylation is 1. The van der Waals surface area contributed by atoms with Crippen LogP contribution in [0.1, 0.15) is 28.0 Å². The molecular formula is C13H12ClN3O2S. The van der Waals surface area contributed by atoms with E-state index in [0.29, 0.717) is 16.4 Å². The van der Waals surface area contributed by atoms with Crippen LogP contribution in [0.4, 0.5) is 5.69 Å². The molecule has 7 heteroatoms. The molecule has 0 bridgehead atoms. The molecule has 3 rings (SSSR count). The smallest absolute Gasteiger partial charge is 0.335 e. The standard InChI is InChI=1S/C13H12ClN3O2S/c14-12-10(15-16-20-12)7-17-5-1-2-8-6-9(13(18)19)3-4-11(8)17/h3-4,6H,1-2,5,7H2,(H,18,19). The molecule has 0 saturated heterocycles. The van der Waals surface area contributed by atoms with Crippen LogP contribution in [0.3, 0.4) is 0 Å². The van der Waals surface area contributed by atoms with E-state index < -0.39 is 5.97 Å². The van der Waals surface area contributed by atoms with Gasteiger partial charge in [-0.1, -0.05) is 16.1 Å². The summed E-state index contributed by atoms with van der Waals surface area (Å²) in [5.74, 6) is -0.892. The molecule has 0 spiro atoms. The lowest BCUT2D eigenvalue weighted by Crippen LogP contribution is -2.29. The molecule has 0 fully saturated rings. The zero-order chi connectivity index (χ0) is 14.1. The predicted molar refractivity (Wildman–Crippen MR) is 77.7 cm³/mol. The van der Waals surface area contributed by atoms with E-state index in [1.165, 1.54) is 11.5 Å². The van der Waals surface area contributed by atoms with Gasteiger partial charge in [0.15, 0.2) is 0 Å². The molecule has 1 aliphatic rings. The molecule has 1 aliphatic heterocycles. The van der Waals surface area contributed by atoms with Crippen molar-refractivity contribution in [3.63, 3.8) is 0 Å². The van der Waals surface area contributed by atoms with Crippen LogP contribution >= 0.6 is 23.1 Å². The molecule has 2 aromatic rings. The van der Waals surface area contributed by atoms with Crippen molar-refractivity contribution in [1.82, 2.24) is 9.59 Å². The van der Waals surface area contributed by atoms with Crippen molar-refractivity contribution in [1.29, 1.82) is 0 Å². The first-order valence-corrected chi connectivity index (χ1v) is 7.38. The Morgan fingerprint density at radius 2 is 2.35 bits per heavy atom. The number of carboxylic acids is 1. The van der Waals surface area contributed by atoms with Gasteiger partial charge in [0, 0.05) is 23.8 Å². The molecule has 1 N–H and O–H groups in total. The fourth-order valence-corrected chi connectivity index (χ4v) is 3.06. The summed E-state index contributed by atoms with van der Waals surface area (Å²) in [4.78, 5) is 13.2. The summed E-state index contributed by atoms with van der Waals surface area (Å²) >= 11 is 7.22. The van der Waals surface area contributed by atoms with Gasteiger partial charge in [-0.3, -0.25) is 0 Å². The summed E-state index contributed by atoms with van der Waals surface area (Å²) in [6.07, 6.45) is 1.89. The predicted octanol–water partition coefficient (Wildman–Crippen LogP) is 2.84. The SMILES string of the molecule is O=C(O)c1ccc2c(c1)CCCN2Cc1nnsc1Cl. The van der Waals surface area contributed by atoms with E-state index in [9.17, 15) is 4.79 Å². The normalized spacial score (nSPS) is 14.2. The zero-order valence-electron chi connectivity index (χ0n) is 10.5. The van der Waals surface area contributed by atoms with Crippen LogP contribution in [0.2, 0.25) is 4.34 Å². The van der Waals surface area contributed by atoms with Gasteiger partial charge in [0.05, 0.1) is 12.1 Å². The lowest BCUT2D eigenvalue weighted by molar-refractivity contribution is 0.0697. The monoisotopic (exact) mass is 309 g/mol. The molecule has 5 nitrogen and oxygen atoms in total. The van der Waals surface area contributed by atoms with Crippen LogP contribution in [0.5, 0.6) is 0 Å². The van der Waals surface area contributed by atoms with Crippen LogP contribution in [0.25, 0.3) is 0 Å². The van der Waals surface area contributed by atoms with E-state index in [1.54, 1.807) is 12.1 Å². The number of hydrogen-bond acceptors (Lipinski definition) is 5. The number of anilines is 1. The summed E-state index contributed by atoms with van der Waals surface area (Å²) in [6, 6.07) is 5.26. The summed E-state index contributed by atoms with van der Waals surface area (Å²) in [6.45, 7) is 1.52. The highest BCUT2D eigenvalue weighted by molar-refractivity contribution is 7.10. The maximum absolute atomic E-state index is 11.0. The number of halogens is 1. The Bertz CT molecular complexity index is 659. The summed E-state index contributed by atoms with van der Waals surface area (Å²) < 4.78 is 4.45. The first-order valence-electron chi connectivity index (χ1n) is 6.23. The number of nitrogens with zero attached hydrogens (tertiary/aromatic N) is 3. The third kappa shape index (κ3) is 2.48. The Balaban J connectivity index is 1.90. The van der Waals surface area contributed by atoms with Gasteiger partial charge < -0.3 is 10.0 Å². The van der Waals surface area contributed by atoms with Crippen molar-refractivity contribution in [2.75, 3.05) is 11.4 Å². The maximum Gasteiger partial charge on any atom is 0.335 e. The van der Waals surface area contributed by atoms with Crippen LogP contribution in [-0.2, 0) is 13.0 Å². The van der Waals surface area contributed by atoms with Crippen LogP contribution in [0, 0.1) is 0 Å². The molecule has 104 valence electrons. The third-order valence-corrected chi connectivity index (χ3v) is 4.38. The van der Waals surface area contributed by atoms with Crippen molar-refractivity contribution in [3.8, 4) is 0 Å². The maximum atomic E-state index is 11.0. The Morgan fingerprint density at radius 1 is 1.50 bits per heavy atom. The van der Waals surface area contributed by atoms with Crippen LogP contribution in [0.15, 0.2) is 18.2 Å². The van der Waals surface area contributed by atoms with Gasteiger partial charge in [0.25, 0.3) is 0 Å². The first kappa shape index (κ1) is 13.3. The topological polar surface area (TPSA) is 66.3 Å². The fourth-order valence-electron chi connectivity index (χ4n) is 2.44. The number of carboxylic acid groups (broad SMARTS) is 1. The van der Waals surface area contributed by atoms with Crippen molar-refractivity contribution in [3.05, 3.63) is 39.4 Å². The summed E-state index contributed by atoms with van der Waals surface area (Å²) in [5, 5.41) is 13.1. The van der Waals surface area contributed by atoms with Crippen molar-refractivity contribution < 1.29 is 9.90 Å². The Labute approximate surface area is 125 Å². The number of rotatable bonds is 3. The van der Waals surface area contributed by atoms with E-state index in [-0.39, 0.29) is 0 Å². The van der Waals surface area contributed by atoms with Gasteiger partial charge in [-0.15, -0.1) is 5.10 Å². The first-order chi connectivity index (χ1) is 9.65. The van der Waals surface area contributed by atoms with Crippen molar-refractivity contribution >= 4 is 34.8 Å². The minimum atomic E-state index is -0.892. The zero-order valence-corrected chi connectivity index (χ0v) is 12.1. The van der Waals surface area contributed by atoms with Gasteiger partial charge in [-0.2, -0.15) is 0 Å². The molecule has 2 heterocycles. The van der Waals surface area contributed by atoms with E-state index in [0.717, 1.165) is 36.3 Å². The van der Waals surface area contributed by atoms with E-state index in [4.69, 9.17) is 16.7 Å². The number of benzene rings is 1. The molecular weight excluding hydrogens is 298 g/mol. The van der Waals surface area contributed by atoms with E-state index in [1.807, 2.05) is 6.07 Å². The molecule has 0 unspecified atom stereocenters. The average molecular weight is 310 g/mol. The van der Waals surface area contributed by atoms with Gasteiger partial charge in [0.2, 0.25) is 0 Å². The second-order valence-electron chi connectivity index (χ2n) is 4.67. The number of aromatic nitrogens is 2. The van der Waals surface area contributed by atoms with Crippen molar-refractivity contribution in [2.24, 2.45) is 0 Å². The Morgan fingerprint density at radius 3 is 3.05 bits per heavy atom. The molecule has 0 radical (unpaired) electrons. The molecule has 1 aromatic heterocycles. The molecule has 0 atom stereocenters. The molecule has 0 amide bonds. The third-order valence-electron chi connectivity index (χ3n) is 3.39. The lowest BCUT2D eigenvalue weighted by Gasteiger charge is -2.30. The van der Waals surface area contributed by atoms with E-state index in [2.05, 4.69) is 14.5 Å². The summed E-state index contributed by atoms with van der Waals surface area (Å²) in [5.41, 5.74) is 3.23. The van der Waals surface area contributed by atoms with Crippen LogP contribution in [-0.4, -0.2) is 27.2 Å². The Kier molecular flexibility index (Phi) is 3.58. The fraction of sp³-hybridized carbons (Fsp3) is 0.308. The molecule has 0 saturated carbocycles. The summed E-state index contributed by atoms with van der Waals surface area (Å²) in [7, 11) is 0. The number of aromatic carboxylic acids is 1. The van der Waals surface area contributed by atoms with Gasteiger partial charge in [-0.05, 0) is 36.6 Å². The Hall–Kier alpha value is -1.66. The van der Waals surface area contributed by atoms with Gasteiger partial charge in [-0.25, -0.2) is 4.79 Å². The largest absolute Gasteiger partial charge is 0.478 e. The number of fused-ring (bicyclic) bond motifs is 1. The minimum Gasteiger partial charge on any atom is -0.478 e. The van der Waals surface area contributed by atoms with Gasteiger partial charge >= 0.3 is 5.97 Å². The van der Waals surface area contributed by atoms with Gasteiger partial charge in [0.1, 0.15) is 10.0 Å². The second-order valence-corrected chi connectivity index (χ2v) is 6.02. The quantitative estimate of drug-likeness (QED) is 0.944. The highest BCUT2D eigenvalue weighted by Gasteiger charge is 2.20. The van der Waals surface area contributed by atoms with Crippen molar-refractivity contribution in [2.45, 2.75) is 19.4 Å². The highest BCUT2D eigenvalue weighted by Crippen LogP contribution is 2.30. The second kappa shape index (κ2) is 5.38. The number of hydrogen-bond donors (Lipinski definition) is 1. The molecule has 0 aliphatic carbocycles. The lowest BCUT2D eigenvalue weighted by atomic mass is 9.99.